The number of halogens is 6. The Labute approximate surface area is 235 Å². The quantitative estimate of drug-likeness (QED) is 0.257. The summed E-state index contributed by atoms with van der Waals surface area (Å²) in [7, 11) is -9.72. The number of Topliss-reactive ketones (excluding diaryl/α,β-unsaturated/α-hetero) is 1. The van der Waals surface area contributed by atoms with Crippen LogP contribution < -0.4 is 0 Å². The van der Waals surface area contributed by atoms with E-state index in [0.29, 0.717) is 36.2 Å². The molecule has 2 aromatic carbocycles. The van der Waals surface area contributed by atoms with E-state index >= 15 is 0 Å². The standard InChI is InChI=1S/C25H20F6N4O5S2/c1-15-3-7-17(8-4-15)41(37,38)34-13-32-11-19(34)21(24(26,27)28)23(36)22(25(29,30)31)20-12-33-14-35(20)42(39,40)18-9-5-16(2)6-10-18/h3-14,21-22H,1-2H3. The number of alkyl halides is 6. The second-order valence-corrected chi connectivity index (χ2v) is 12.8. The number of benzene rings is 2. The lowest BCUT2D eigenvalue weighted by atomic mass is 9.87. The Bertz CT molecular complexity index is 1690. The lowest BCUT2D eigenvalue weighted by molar-refractivity contribution is -0.184. The van der Waals surface area contributed by atoms with Gasteiger partial charge in [0, 0.05) is 0 Å². The number of ketones is 1. The molecule has 2 atom stereocenters. The number of aromatic nitrogens is 4. The Hall–Kier alpha value is -3.99. The molecule has 2 unspecified atom stereocenters. The number of hydrogen-bond donors (Lipinski definition) is 0. The molecule has 0 saturated heterocycles. The van der Waals surface area contributed by atoms with Crippen LogP contribution in [0.15, 0.2) is 83.4 Å². The maximum Gasteiger partial charge on any atom is 0.404 e. The SMILES string of the molecule is Cc1ccc(S(=O)(=O)n2cncc2C(C(=O)C(c2cncn2S(=O)(=O)c2ccc(C)cc2)C(F)(F)F)C(F)(F)F)cc1. The Balaban J connectivity index is 1.88. The molecule has 4 rings (SSSR count). The van der Waals surface area contributed by atoms with Crippen molar-refractivity contribution in [3.8, 4) is 0 Å². The molecule has 0 spiro atoms. The van der Waals surface area contributed by atoms with E-state index in [-0.39, 0.29) is 7.94 Å². The number of imidazole rings is 2. The average molecular weight is 635 g/mol. The maximum absolute atomic E-state index is 14.4. The molecule has 224 valence electrons. The number of rotatable bonds is 8. The van der Waals surface area contributed by atoms with Crippen LogP contribution in [0.5, 0.6) is 0 Å². The van der Waals surface area contributed by atoms with E-state index in [1.807, 2.05) is 0 Å². The maximum atomic E-state index is 14.4. The summed E-state index contributed by atoms with van der Waals surface area (Å²) in [5, 5.41) is 0. The van der Waals surface area contributed by atoms with Gasteiger partial charge < -0.3 is 0 Å². The minimum Gasteiger partial charge on any atom is -0.297 e. The van der Waals surface area contributed by atoms with Gasteiger partial charge in [-0.2, -0.15) is 26.3 Å². The zero-order valence-electron chi connectivity index (χ0n) is 21.5. The summed E-state index contributed by atoms with van der Waals surface area (Å²) in [6, 6.07) is 9.60. The summed E-state index contributed by atoms with van der Waals surface area (Å²) in [4.78, 5) is 19.1. The van der Waals surface area contributed by atoms with Crippen LogP contribution >= 0.6 is 0 Å². The van der Waals surface area contributed by atoms with Crippen molar-refractivity contribution in [2.75, 3.05) is 0 Å². The zero-order chi connectivity index (χ0) is 31.3. The fourth-order valence-electron chi connectivity index (χ4n) is 4.16. The molecule has 0 radical (unpaired) electrons. The van der Waals surface area contributed by atoms with E-state index in [0.717, 1.165) is 24.3 Å². The largest absolute Gasteiger partial charge is 0.404 e. The monoisotopic (exact) mass is 634 g/mol. The van der Waals surface area contributed by atoms with E-state index < -0.39 is 71.2 Å². The van der Waals surface area contributed by atoms with Crippen molar-refractivity contribution in [1.82, 2.24) is 17.9 Å². The zero-order valence-corrected chi connectivity index (χ0v) is 23.1. The molecule has 0 saturated carbocycles. The van der Waals surface area contributed by atoms with E-state index in [4.69, 9.17) is 0 Å². The Morgan fingerprint density at radius 1 is 0.643 bits per heavy atom. The molecule has 0 bridgehead atoms. The highest BCUT2D eigenvalue weighted by molar-refractivity contribution is 7.90. The second kappa shape index (κ2) is 10.7. The van der Waals surface area contributed by atoms with Crippen LogP contribution in [-0.4, -0.2) is 52.9 Å². The van der Waals surface area contributed by atoms with E-state index in [9.17, 15) is 48.0 Å². The van der Waals surface area contributed by atoms with Crippen molar-refractivity contribution >= 4 is 25.8 Å². The summed E-state index contributed by atoms with van der Waals surface area (Å²) in [5.41, 5.74) is -1.63. The highest BCUT2D eigenvalue weighted by Gasteiger charge is 2.58. The van der Waals surface area contributed by atoms with Gasteiger partial charge in [-0.05, 0) is 38.1 Å². The van der Waals surface area contributed by atoms with Crippen LogP contribution in [0.2, 0.25) is 0 Å². The first-order chi connectivity index (χ1) is 19.4. The molecule has 2 heterocycles. The van der Waals surface area contributed by atoms with Crippen molar-refractivity contribution in [3.63, 3.8) is 0 Å². The number of aryl methyl sites for hydroxylation is 2. The summed E-state index contributed by atoms with van der Waals surface area (Å²) in [5.74, 6) is -9.95. The van der Waals surface area contributed by atoms with Gasteiger partial charge >= 0.3 is 12.4 Å². The number of carbonyl (C=O) groups excluding carboxylic acids is 1. The third-order valence-electron chi connectivity index (χ3n) is 6.24. The summed E-state index contributed by atoms with van der Waals surface area (Å²) in [6.45, 7) is 3.22. The normalized spacial score (nSPS) is 14.5. The topological polar surface area (TPSA) is 121 Å². The van der Waals surface area contributed by atoms with Crippen molar-refractivity contribution in [3.05, 3.63) is 96.1 Å². The van der Waals surface area contributed by atoms with Gasteiger partial charge in [-0.15, -0.1) is 0 Å². The molecule has 2 aromatic heterocycles. The van der Waals surface area contributed by atoms with Crippen molar-refractivity contribution in [2.24, 2.45) is 0 Å². The van der Waals surface area contributed by atoms with Crippen LogP contribution in [0.4, 0.5) is 26.3 Å². The third-order valence-corrected chi connectivity index (χ3v) is 9.62. The first-order valence-electron chi connectivity index (χ1n) is 11.7. The van der Waals surface area contributed by atoms with E-state index in [1.165, 1.54) is 24.3 Å². The molecule has 0 amide bonds. The van der Waals surface area contributed by atoms with Gasteiger partial charge in [-0.25, -0.2) is 34.7 Å². The molecule has 42 heavy (non-hydrogen) atoms. The minimum absolute atomic E-state index is 0.0263. The Morgan fingerprint density at radius 2 is 0.952 bits per heavy atom. The first-order valence-corrected chi connectivity index (χ1v) is 14.6. The predicted molar refractivity (Wildman–Crippen MR) is 135 cm³/mol. The van der Waals surface area contributed by atoms with Crippen LogP contribution in [0, 0.1) is 13.8 Å². The molecule has 9 nitrogen and oxygen atoms in total. The van der Waals surface area contributed by atoms with E-state index in [2.05, 4.69) is 9.97 Å². The minimum atomic E-state index is -5.76. The van der Waals surface area contributed by atoms with Gasteiger partial charge in [0.1, 0.15) is 12.7 Å². The van der Waals surface area contributed by atoms with Crippen LogP contribution in [-0.2, 0) is 24.8 Å². The Morgan fingerprint density at radius 3 is 1.24 bits per heavy atom. The van der Waals surface area contributed by atoms with Gasteiger partial charge in [0.15, 0.2) is 17.6 Å². The van der Waals surface area contributed by atoms with Gasteiger partial charge in [-0.3, -0.25) is 4.79 Å². The fraction of sp³-hybridized carbons (Fsp3) is 0.240. The van der Waals surface area contributed by atoms with E-state index in [1.54, 1.807) is 13.8 Å². The first kappa shape index (κ1) is 31.0. The lowest BCUT2D eigenvalue weighted by Gasteiger charge is -2.27. The van der Waals surface area contributed by atoms with Crippen LogP contribution in [0.1, 0.15) is 34.4 Å². The van der Waals surface area contributed by atoms with Gasteiger partial charge in [-0.1, -0.05) is 35.4 Å². The highest BCUT2D eigenvalue weighted by Crippen LogP contribution is 2.45. The second-order valence-electron chi connectivity index (χ2n) is 9.22. The summed E-state index contributed by atoms with van der Waals surface area (Å²) >= 11 is 0. The molecule has 0 aliphatic carbocycles. The molecule has 0 aliphatic heterocycles. The van der Waals surface area contributed by atoms with Crippen molar-refractivity contribution in [1.29, 1.82) is 0 Å². The van der Waals surface area contributed by atoms with Crippen molar-refractivity contribution < 1.29 is 48.0 Å². The van der Waals surface area contributed by atoms with Gasteiger partial charge in [0.25, 0.3) is 20.0 Å². The van der Waals surface area contributed by atoms with Crippen molar-refractivity contribution in [2.45, 2.75) is 47.8 Å². The molecule has 17 heteroatoms. The van der Waals surface area contributed by atoms with Gasteiger partial charge in [0.05, 0.1) is 33.6 Å². The number of carbonyl (C=O) groups is 1. The lowest BCUT2D eigenvalue weighted by Crippen LogP contribution is -2.40. The average Bonchev–Trinajstić information content (AvgIpc) is 3.54. The number of hydrogen-bond acceptors (Lipinski definition) is 7. The molecule has 0 aliphatic rings. The third kappa shape index (κ3) is 5.70. The summed E-state index contributed by atoms with van der Waals surface area (Å²) in [6.07, 6.45) is -10.1. The highest BCUT2D eigenvalue weighted by atomic mass is 32.2. The van der Waals surface area contributed by atoms with Gasteiger partial charge in [0.2, 0.25) is 0 Å². The van der Waals surface area contributed by atoms with Crippen LogP contribution in [0.25, 0.3) is 0 Å². The molecule has 4 aromatic rings. The number of nitrogens with zero attached hydrogens (tertiary/aromatic N) is 4. The predicted octanol–water partition coefficient (Wildman–Crippen LogP) is 4.73. The smallest absolute Gasteiger partial charge is 0.297 e. The molecular weight excluding hydrogens is 614 g/mol. The molecule has 0 fully saturated rings. The van der Waals surface area contributed by atoms with Crippen LogP contribution in [0.3, 0.4) is 0 Å². The fourth-order valence-corrected chi connectivity index (χ4v) is 6.79. The molecular formula is C25H20F6N4O5S2. The Kier molecular flexibility index (Phi) is 7.88. The molecule has 0 N–H and O–H groups in total. The summed E-state index contributed by atoms with van der Waals surface area (Å²) < 4.78 is 139.